The van der Waals surface area contributed by atoms with Crippen LogP contribution in [0.3, 0.4) is 0 Å². The summed E-state index contributed by atoms with van der Waals surface area (Å²) in [5, 5.41) is 10.8. The molecule has 18 heavy (non-hydrogen) atoms. The Kier molecular flexibility index (Phi) is 5.01. The Morgan fingerprint density at radius 2 is 2.11 bits per heavy atom. The molecule has 0 spiro atoms. The maximum absolute atomic E-state index is 12.0. The van der Waals surface area contributed by atoms with E-state index in [4.69, 9.17) is 16.7 Å². The molecule has 1 aromatic rings. The second-order valence-corrected chi connectivity index (χ2v) is 4.60. The van der Waals surface area contributed by atoms with Crippen LogP contribution in [0.5, 0.6) is 0 Å². The standard InChI is InChI=1S/C10H8BrClF3NO2/c11-6-3-1-2-5(8(6)12)9(18)16-4-7(17)10(13,14)15/h1-3,7,17H,4H2,(H,16,18). The van der Waals surface area contributed by atoms with Crippen molar-refractivity contribution in [3.8, 4) is 0 Å². The SMILES string of the molecule is O=C(NCC(O)C(F)(F)F)c1cccc(Br)c1Cl. The molecular weight excluding hydrogens is 338 g/mol. The third-order valence-electron chi connectivity index (χ3n) is 2.03. The van der Waals surface area contributed by atoms with Crippen LogP contribution in [0.4, 0.5) is 13.2 Å². The van der Waals surface area contributed by atoms with Gasteiger partial charge in [0.05, 0.1) is 17.1 Å². The predicted molar refractivity (Wildman–Crippen MR) is 63.5 cm³/mol. The largest absolute Gasteiger partial charge is 0.416 e. The van der Waals surface area contributed by atoms with Gasteiger partial charge < -0.3 is 10.4 Å². The lowest BCUT2D eigenvalue weighted by atomic mass is 10.2. The van der Waals surface area contributed by atoms with Gasteiger partial charge in [0.15, 0.2) is 6.10 Å². The van der Waals surface area contributed by atoms with E-state index in [0.717, 1.165) is 0 Å². The van der Waals surface area contributed by atoms with Crippen molar-refractivity contribution in [3.63, 3.8) is 0 Å². The molecule has 0 saturated heterocycles. The first-order valence-electron chi connectivity index (χ1n) is 4.70. The zero-order valence-electron chi connectivity index (χ0n) is 8.76. The van der Waals surface area contributed by atoms with Gasteiger partial charge in [-0.25, -0.2) is 0 Å². The van der Waals surface area contributed by atoms with E-state index in [2.05, 4.69) is 15.9 Å². The Morgan fingerprint density at radius 1 is 1.50 bits per heavy atom. The van der Waals surface area contributed by atoms with Crippen molar-refractivity contribution < 1.29 is 23.1 Å². The highest BCUT2D eigenvalue weighted by Crippen LogP contribution is 2.26. The Balaban J connectivity index is 2.70. The molecule has 3 nitrogen and oxygen atoms in total. The second kappa shape index (κ2) is 5.90. The van der Waals surface area contributed by atoms with Crippen LogP contribution in [0.15, 0.2) is 22.7 Å². The smallest absolute Gasteiger partial charge is 0.382 e. The van der Waals surface area contributed by atoms with Crippen LogP contribution in [0, 0.1) is 0 Å². The molecule has 0 bridgehead atoms. The fourth-order valence-electron chi connectivity index (χ4n) is 1.08. The average molecular weight is 347 g/mol. The summed E-state index contributed by atoms with van der Waals surface area (Å²) in [6, 6.07) is 4.47. The second-order valence-electron chi connectivity index (χ2n) is 3.37. The minimum absolute atomic E-state index is 0.0282. The molecule has 0 aliphatic heterocycles. The molecule has 0 heterocycles. The molecule has 1 rings (SSSR count). The first kappa shape index (κ1) is 15.3. The summed E-state index contributed by atoms with van der Waals surface area (Å²) >= 11 is 8.89. The Hall–Kier alpha value is -0.790. The molecule has 100 valence electrons. The Morgan fingerprint density at radius 3 is 2.67 bits per heavy atom. The molecule has 0 aromatic heterocycles. The highest BCUT2D eigenvalue weighted by atomic mass is 79.9. The number of aliphatic hydroxyl groups excluding tert-OH is 1. The molecule has 0 radical (unpaired) electrons. The summed E-state index contributed by atoms with van der Waals surface area (Å²) in [6.45, 7) is -0.925. The number of alkyl halides is 3. The van der Waals surface area contributed by atoms with E-state index < -0.39 is 24.7 Å². The number of hydrogen-bond acceptors (Lipinski definition) is 2. The lowest BCUT2D eigenvalue weighted by Crippen LogP contribution is -2.40. The van der Waals surface area contributed by atoms with Gasteiger partial charge in [0.1, 0.15) is 0 Å². The van der Waals surface area contributed by atoms with Crippen LogP contribution < -0.4 is 5.32 Å². The Bertz CT molecular complexity index is 453. The fraction of sp³-hybridized carbons (Fsp3) is 0.300. The molecule has 1 unspecified atom stereocenters. The molecule has 0 fully saturated rings. The molecule has 0 aliphatic rings. The fourth-order valence-corrected chi connectivity index (χ4v) is 1.66. The van der Waals surface area contributed by atoms with E-state index in [0.29, 0.717) is 4.47 Å². The maximum Gasteiger partial charge on any atom is 0.416 e. The number of aliphatic hydroxyl groups is 1. The summed E-state index contributed by atoms with van der Waals surface area (Å²) < 4.78 is 36.5. The van der Waals surface area contributed by atoms with Gasteiger partial charge in [0.2, 0.25) is 0 Å². The quantitative estimate of drug-likeness (QED) is 0.884. The van der Waals surface area contributed by atoms with Crippen molar-refractivity contribution >= 4 is 33.4 Å². The van der Waals surface area contributed by atoms with Crippen molar-refractivity contribution in [2.75, 3.05) is 6.54 Å². The molecule has 0 saturated carbocycles. The normalized spacial score (nSPS) is 13.2. The number of nitrogens with one attached hydrogen (secondary N) is 1. The maximum atomic E-state index is 12.0. The van der Waals surface area contributed by atoms with E-state index >= 15 is 0 Å². The molecule has 8 heteroatoms. The third-order valence-corrected chi connectivity index (χ3v) is 3.33. The summed E-state index contributed by atoms with van der Waals surface area (Å²) in [4.78, 5) is 11.6. The zero-order valence-corrected chi connectivity index (χ0v) is 11.1. The van der Waals surface area contributed by atoms with Gasteiger partial charge in [-0.2, -0.15) is 13.2 Å². The van der Waals surface area contributed by atoms with Crippen molar-refractivity contribution in [3.05, 3.63) is 33.3 Å². The molecule has 1 aromatic carbocycles. The van der Waals surface area contributed by atoms with Crippen LogP contribution in [0.1, 0.15) is 10.4 Å². The van der Waals surface area contributed by atoms with Gasteiger partial charge in [-0.15, -0.1) is 0 Å². The van der Waals surface area contributed by atoms with Gasteiger partial charge in [0.25, 0.3) is 5.91 Å². The zero-order chi connectivity index (χ0) is 13.9. The highest BCUT2D eigenvalue weighted by Gasteiger charge is 2.38. The average Bonchev–Trinajstić information content (AvgIpc) is 2.27. The van der Waals surface area contributed by atoms with Crippen molar-refractivity contribution in [2.45, 2.75) is 12.3 Å². The van der Waals surface area contributed by atoms with Crippen molar-refractivity contribution in [1.29, 1.82) is 0 Å². The van der Waals surface area contributed by atoms with Gasteiger partial charge in [0, 0.05) is 4.47 Å². The lowest BCUT2D eigenvalue weighted by Gasteiger charge is -2.15. The van der Waals surface area contributed by atoms with Gasteiger partial charge in [-0.1, -0.05) is 17.7 Å². The topological polar surface area (TPSA) is 49.3 Å². The summed E-state index contributed by atoms with van der Waals surface area (Å²) in [5.41, 5.74) is 0.0282. The molecule has 1 atom stereocenters. The summed E-state index contributed by atoms with van der Waals surface area (Å²) in [6.07, 6.45) is -7.37. The number of hydrogen-bond donors (Lipinski definition) is 2. The highest BCUT2D eigenvalue weighted by molar-refractivity contribution is 9.10. The first-order valence-corrected chi connectivity index (χ1v) is 5.87. The molecule has 1 amide bonds. The number of halogens is 5. The van der Waals surface area contributed by atoms with Crippen LogP contribution >= 0.6 is 27.5 Å². The number of carbonyl (C=O) groups is 1. The van der Waals surface area contributed by atoms with Gasteiger partial charge in [-0.3, -0.25) is 4.79 Å². The number of benzene rings is 1. The Labute approximate surface area is 114 Å². The molecule has 0 aliphatic carbocycles. The van der Waals surface area contributed by atoms with E-state index in [-0.39, 0.29) is 10.6 Å². The van der Waals surface area contributed by atoms with E-state index in [1.54, 1.807) is 6.07 Å². The van der Waals surface area contributed by atoms with E-state index in [9.17, 15) is 18.0 Å². The van der Waals surface area contributed by atoms with Gasteiger partial charge in [-0.05, 0) is 28.1 Å². The van der Waals surface area contributed by atoms with E-state index in [1.807, 2.05) is 5.32 Å². The van der Waals surface area contributed by atoms with Crippen LogP contribution in [0.2, 0.25) is 5.02 Å². The summed E-state index contributed by atoms with van der Waals surface area (Å²) in [7, 11) is 0. The number of rotatable bonds is 3. The van der Waals surface area contributed by atoms with E-state index in [1.165, 1.54) is 12.1 Å². The molecule has 2 N–H and O–H groups in total. The number of amides is 1. The monoisotopic (exact) mass is 345 g/mol. The first-order chi connectivity index (χ1) is 8.23. The van der Waals surface area contributed by atoms with Crippen LogP contribution in [-0.2, 0) is 0 Å². The predicted octanol–water partition coefficient (Wildman–Crippen LogP) is 2.76. The van der Waals surface area contributed by atoms with Crippen molar-refractivity contribution in [1.82, 2.24) is 5.32 Å². The van der Waals surface area contributed by atoms with Gasteiger partial charge >= 0.3 is 6.18 Å². The van der Waals surface area contributed by atoms with Crippen LogP contribution in [-0.4, -0.2) is 29.8 Å². The third kappa shape index (κ3) is 3.86. The van der Waals surface area contributed by atoms with Crippen LogP contribution in [0.25, 0.3) is 0 Å². The van der Waals surface area contributed by atoms with Crippen molar-refractivity contribution in [2.24, 2.45) is 0 Å². The minimum Gasteiger partial charge on any atom is -0.382 e. The minimum atomic E-state index is -4.77. The molecular formula is C10H8BrClF3NO2. The summed E-state index contributed by atoms with van der Waals surface area (Å²) in [5.74, 6) is -0.787. The number of carbonyl (C=O) groups excluding carboxylic acids is 1. The lowest BCUT2D eigenvalue weighted by molar-refractivity contribution is -0.201.